The number of carbonyl (C=O) groups excluding carboxylic acids is 2. The van der Waals surface area contributed by atoms with Crippen LogP contribution >= 0.6 is 0 Å². The van der Waals surface area contributed by atoms with Gasteiger partial charge in [0.2, 0.25) is 6.17 Å². The first-order valence-electron chi connectivity index (χ1n) is 4.81. The fourth-order valence-electron chi connectivity index (χ4n) is 0.737. The molecule has 1 N–H and O–H groups in total. The van der Waals surface area contributed by atoms with Crippen LogP contribution in [0.4, 0.5) is 8.78 Å². The molecule has 0 fully saturated rings. The lowest BCUT2D eigenvalue weighted by molar-refractivity contribution is -0.155. The molecule has 0 rings (SSSR count). The molecular weight excluding hydrogens is 290 g/mol. The SMILES string of the molecule is C=C(C)C(=O)OCCOC(=O)C(F)C(F)S(=O)(=O)O. The van der Waals surface area contributed by atoms with Crippen molar-refractivity contribution in [3.8, 4) is 0 Å². The Hall–Kier alpha value is -1.55. The summed E-state index contributed by atoms with van der Waals surface area (Å²) < 4.78 is 62.8. The number of halogens is 2. The fourth-order valence-corrected chi connectivity index (χ4v) is 1.15. The van der Waals surface area contributed by atoms with Crippen molar-refractivity contribution in [3.05, 3.63) is 12.2 Å². The van der Waals surface area contributed by atoms with E-state index in [2.05, 4.69) is 16.1 Å². The summed E-state index contributed by atoms with van der Waals surface area (Å²) in [6, 6.07) is 0. The standard InChI is InChI=1S/C9H12F2O7S/c1-5(2)8(12)17-3-4-18-9(13)6(10)7(11)19(14,15)16/h6-7H,1,3-4H2,2H3,(H,14,15,16). The van der Waals surface area contributed by atoms with Crippen molar-refractivity contribution in [2.45, 2.75) is 18.6 Å². The van der Waals surface area contributed by atoms with E-state index < -0.39 is 46.9 Å². The van der Waals surface area contributed by atoms with E-state index in [-0.39, 0.29) is 5.57 Å². The van der Waals surface area contributed by atoms with Crippen LogP contribution in [-0.2, 0) is 29.2 Å². The Labute approximate surface area is 107 Å². The van der Waals surface area contributed by atoms with Gasteiger partial charge in [-0.2, -0.15) is 8.42 Å². The van der Waals surface area contributed by atoms with Gasteiger partial charge in [0.05, 0.1) is 0 Å². The minimum Gasteiger partial charge on any atom is -0.460 e. The fraction of sp³-hybridized carbons (Fsp3) is 0.556. The Morgan fingerprint density at radius 1 is 1.26 bits per heavy atom. The number of rotatable bonds is 7. The number of hydrogen-bond acceptors (Lipinski definition) is 6. The van der Waals surface area contributed by atoms with E-state index >= 15 is 0 Å². The number of ether oxygens (including phenoxy) is 2. The zero-order valence-corrected chi connectivity index (χ0v) is 10.7. The van der Waals surface area contributed by atoms with Crippen LogP contribution in [0.5, 0.6) is 0 Å². The molecule has 2 unspecified atom stereocenters. The van der Waals surface area contributed by atoms with Crippen molar-refractivity contribution in [2.75, 3.05) is 13.2 Å². The molecule has 0 aromatic carbocycles. The minimum absolute atomic E-state index is 0.0879. The van der Waals surface area contributed by atoms with Gasteiger partial charge in [0.1, 0.15) is 13.2 Å². The molecule has 0 bridgehead atoms. The Bertz CT molecular complexity index is 459. The monoisotopic (exact) mass is 302 g/mol. The van der Waals surface area contributed by atoms with Gasteiger partial charge in [-0.3, -0.25) is 4.55 Å². The van der Waals surface area contributed by atoms with E-state index in [1.165, 1.54) is 6.92 Å². The zero-order valence-electron chi connectivity index (χ0n) is 9.84. The second-order valence-electron chi connectivity index (χ2n) is 3.35. The largest absolute Gasteiger partial charge is 0.460 e. The van der Waals surface area contributed by atoms with Gasteiger partial charge >= 0.3 is 22.1 Å². The Morgan fingerprint density at radius 3 is 2.16 bits per heavy atom. The van der Waals surface area contributed by atoms with E-state index in [0.29, 0.717) is 0 Å². The second-order valence-corrected chi connectivity index (χ2v) is 4.83. The van der Waals surface area contributed by atoms with Crippen molar-refractivity contribution in [1.29, 1.82) is 0 Å². The molecule has 0 aliphatic carbocycles. The number of esters is 2. The molecular formula is C9H12F2O7S. The lowest BCUT2D eigenvalue weighted by Gasteiger charge is -2.11. The second kappa shape index (κ2) is 7.14. The molecule has 0 aromatic rings. The van der Waals surface area contributed by atoms with Crippen molar-refractivity contribution < 1.29 is 40.8 Å². The summed E-state index contributed by atoms with van der Waals surface area (Å²) in [7, 11) is -5.34. The third-order valence-electron chi connectivity index (χ3n) is 1.65. The maximum absolute atomic E-state index is 12.9. The first kappa shape index (κ1) is 17.4. The molecule has 0 saturated carbocycles. The highest BCUT2D eigenvalue weighted by Crippen LogP contribution is 2.11. The van der Waals surface area contributed by atoms with Crippen LogP contribution in [0.1, 0.15) is 6.92 Å². The maximum Gasteiger partial charge on any atom is 0.345 e. The molecule has 0 heterocycles. The highest BCUT2D eigenvalue weighted by atomic mass is 32.2. The van der Waals surface area contributed by atoms with Gasteiger partial charge in [-0.05, 0) is 6.92 Å². The van der Waals surface area contributed by atoms with Crippen molar-refractivity contribution in [1.82, 2.24) is 0 Å². The normalized spacial score (nSPS) is 14.3. The highest BCUT2D eigenvalue weighted by Gasteiger charge is 2.38. The van der Waals surface area contributed by atoms with Crippen molar-refractivity contribution >= 4 is 22.1 Å². The molecule has 0 aliphatic heterocycles. The summed E-state index contributed by atoms with van der Waals surface area (Å²) in [5, 5.41) is 0. The van der Waals surface area contributed by atoms with E-state index in [4.69, 9.17) is 4.55 Å². The Balaban J connectivity index is 4.13. The van der Waals surface area contributed by atoms with Gasteiger partial charge in [0.25, 0.3) is 5.50 Å². The molecule has 10 heteroatoms. The molecule has 0 aliphatic rings. The Morgan fingerprint density at radius 2 is 1.74 bits per heavy atom. The Kier molecular flexibility index (Phi) is 6.56. The molecule has 0 radical (unpaired) electrons. The molecule has 0 saturated heterocycles. The maximum atomic E-state index is 12.9. The average Bonchev–Trinajstić information content (AvgIpc) is 2.30. The summed E-state index contributed by atoms with van der Waals surface area (Å²) >= 11 is 0. The zero-order chi connectivity index (χ0) is 15.2. The van der Waals surface area contributed by atoms with Crippen LogP contribution in [0.3, 0.4) is 0 Å². The van der Waals surface area contributed by atoms with Crippen LogP contribution in [-0.4, -0.2) is 49.8 Å². The molecule has 0 aromatic heterocycles. The van der Waals surface area contributed by atoms with Gasteiger partial charge in [0.15, 0.2) is 0 Å². The number of hydrogen-bond donors (Lipinski definition) is 1. The molecule has 0 amide bonds. The van der Waals surface area contributed by atoms with Crippen LogP contribution in [0.2, 0.25) is 0 Å². The molecule has 19 heavy (non-hydrogen) atoms. The summed E-state index contributed by atoms with van der Waals surface area (Å²) in [6.45, 7) is 3.59. The molecule has 2 atom stereocenters. The van der Waals surface area contributed by atoms with Gasteiger partial charge in [-0.1, -0.05) is 6.58 Å². The van der Waals surface area contributed by atoms with Gasteiger partial charge in [0, 0.05) is 5.57 Å². The van der Waals surface area contributed by atoms with Gasteiger partial charge in [-0.15, -0.1) is 0 Å². The van der Waals surface area contributed by atoms with Crippen molar-refractivity contribution in [2.24, 2.45) is 0 Å². The van der Waals surface area contributed by atoms with Crippen LogP contribution in [0, 0.1) is 0 Å². The lowest BCUT2D eigenvalue weighted by atomic mass is 10.4. The van der Waals surface area contributed by atoms with Gasteiger partial charge < -0.3 is 9.47 Å². The van der Waals surface area contributed by atoms with Crippen LogP contribution < -0.4 is 0 Å². The van der Waals surface area contributed by atoms with Crippen LogP contribution in [0.15, 0.2) is 12.2 Å². The highest BCUT2D eigenvalue weighted by molar-refractivity contribution is 7.86. The smallest absolute Gasteiger partial charge is 0.345 e. The summed E-state index contributed by atoms with van der Waals surface area (Å²) in [4.78, 5) is 21.7. The average molecular weight is 302 g/mol. The predicted octanol–water partition coefficient (Wildman–Crippen LogP) is 0.170. The third-order valence-corrected chi connectivity index (χ3v) is 2.46. The van der Waals surface area contributed by atoms with Crippen molar-refractivity contribution in [3.63, 3.8) is 0 Å². The number of alkyl halides is 2. The first-order valence-corrected chi connectivity index (χ1v) is 6.31. The summed E-state index contributed by atoms with van der Waals surface area (Å²) in [6.07, 6.45) is -3.19. The molecule has 0 spiro atoms. The number of carbonyl (C=O) groups is 2. The van der Waals surface area contributed by atoms with Crippen LogP contribution in [0.25, 0.3) is 0 Å². The molecule has 7 nitrogen and oxygen atoms in total. The van der Waals surface area contributed by atoms with Gasteiger partial charge in [-0.25, -0.2) is 18.4 Å². The van der Waals surface area contributed by atoms with E-state index in [0.717, 1.165) is 0 Å². The summed E-state index contributed by atoms with van der Waals surface area (Å²) in [5.74, 6) is -2.61. The molecule has 110 valence electrons. The van der Waals surface area contributed by atoms with E-state index in [9.17, 15) is 26.8 Å². The van der Waals surface area contributed by atoms with E-state index in [1.54, 1.807) is 0 Å². The summed E-state index contributed by atoms with van der Waals surface area (Å²) in [5.41, 5.74) is -3.34. The lowest BCUT2D eigenvalue weighted by Crippen LogP contribution is -2.35. The van der Waals surface area contributed by atoms with E-state index in [1.807, 2.05) is 0 Å². The predicted molar refractivity (Wildman–Crippen MR) is 58.1 cm³/mol. The first-order chi connectivity index (χ1) is 8.57. The quantitative estimate of drug-likeness (QED) is 0.309. The minimum atomic E-state index is -5.34. The topological polar surface area (TPSA) is 107 Å². The third kappa shape index (κ3) is 6.25.